The third-order valence-electron chi connectivity index (χ3n) is 4.77. The Morgan fingerprint density at radius 3 is 2.33 bits per heavy atom. The third-order valence-corrected chi connectivity index (χ3v) is 5.03. The van der Waals surface area contributed by atoms with E-state index in [9.17, 15) is 9.90 Å². The molecule has 1 N–H and O–H groups in total. The van der Waals surface area contributed by atoms with Gasteiger partial charge in [-0.05, 0) is 36.8 Å². The predicted molar refractivity (Wildman–Crippen MR) is 106 cm³/mol. The van der Waals surface area contributed by atoms with Gasteiger partial charge < -0.3 is 14.7 Å². The number of rotatable bonds is 6. The molecule has 1 fully saturated rings. The Kier molecular flexibility index (Phi) is 6.72. The van der Waals surface area contributed by atoms with E-state index in [1.807, 2.05) is 35.2 Å². The number of halogens is 1. The van der Waals surface area contributed by atoms with Crippen molar-refractivity contribution in [3.8, 4) is 5.75 Å². The first-order valence-electron chi connectivity index (χ1n) is 9.19. The van der Waals surface area contributed by atoms with Crippen LogP contribution in [0.2, 0.25) is 5.02 Å². The highest BCUT2D eigenvalue weighted by Gasteiger charge is 2.27. The molecule has 2 unspecified atom stereocenters. The quantitative estimate of drug-likeness (QED) is 0.826. The maximum absolute atomic E-state index is 12.6. The number of aliphatic hydroxyl groups excluding tert-OH is 1. The summed E-state index contributed by atoms with van der Waals surface area (Å²) in [6, 6.07) is 16.7. The fourth-order valence-electron chi connectivity index (χ4n) is 3.20. The maximum atomic E-state index is 12.6. The number of amides is 1. The number of β-amino-alcohol motifs (C(OH)–C–C–N with tert-alkyl or cyclic N) is 1. The number of hydrogen-bond donors (Lipinski definition) is 1. The van der Waals surface area contributed by atoms with Crippen LogP contribution in [0.15, 0.2) is 54.6 Å². The molecule has 1 aliphatic heterocycles. The standard InChI is InChI=1S/C21H25ClN2O3/c1-16(27-19-9-7-18(22)8-10-19)21(26)24-13-11-23(12-14-24)15-20(25)17-5-3-2-4-6-17/h2-10,16,20,25H,11-15H2,1H3. The summed E-state index contributed by atoms with van der Waals surface area (Å²) >= 11 is 5.87. The SMILES string of the molecule is CC(Oc1ccc(Cl)cc1)C(=O)N1CCN(CC(O)c2ccccc2)CC1. The molecule has 2 aromatic carbocycles. The van der Waals surface area contributed by atoms with Crippen LogP contribution >= 0.6 is 11.6 Å². The Balaban J connectivity index is 1.46. The van der Waals surface area contributed by atoms with Crippen LogP contribution in [0.3, 0.4) is 0 Å². The van der Waals surface area contributed by atoms with Gasteiger partial charge in [-0.15, -0.1) is 0 Å². The number of benzene rings is 2. The minimum absolute atomic E-state index is 0.0202. The van der Waals surface area contributed by atoms with Gasteiger partial charge in [0.05, 0.1) is 6.10 Å². The van der Waals surface area contributed by atoms with Crippen molar-refractivity contribution >= 4 is 17.5 Å². The molecule has 0 saturated carbocycles. The van der Waals surface area contributed by atoms with Crippen molar-refractivity contribution in [1.29, 1.82) is 0 Å². The van der Waals surface area contributed by atoms with Gasteiger partial charge >= 0.3 is 0 Å². The van der Waals surface area contributed by atoms with Crippen LogP contribution in [0.25, 0.3) is 0 Å². The average molecular weight is 389 g/mol. The number of nitrogens with zero attached hydrogens (tertiary/aromatic N) is 2. The summed E-state index contributed by atoms with van der Waals surface area (Å²) < 4.78 is 5.73. The molecule has 1 heterocycles. The van der Waals surface area contributed by atoms with Crippen molar-refractivity contribution < 1.29 is 14.6 Å². The third kappa shape index (κ3) is 5.45. The fraction of sp³-hybridized carbons (Fsp3) is 0.381. The van der Waals surface area contributed by atoms with Gasteiger partial charge in [0.2, 0.25) is 0 Å². The summed E-state index contributed by atoms with van der Waals surface area (Å²) in [7, 11) is 0. The summed E-state index contributed by atoms with van der Waals surface area (Å²) in [5.41, 5.74) is 0.918. The lowest BCUT2D eigenvalue weighted by Crippen LogP contribution is -2.52. The number of carbonyl (C=O) groups excluding carboxylic acids is 1. The smallest absolute Gasteiger partial charge is 0.263 e. The zero-order chi connectivity index (χ0) is 19.2. The number of ether oxygens (including phenoxy) is 1. The second-order valence-corrected chi connectivity index (χ2v) is 7.20. The molecular weight excluding hydrogens is 364 g/mol. The van der Waals surface area contributed by atoms with E-state index in [4.69, 9.17) is 16.3 Å². The summed E-state index contributed by atoms with van der Waals surface area (Å²) in [6.45, 7) is 5.08. The first-order chi connectivity index (χ1) is 13.0. The Morgan fingerprint density at radius 1 is 1.07 bits per heavy atom. The van der Waals surface area contributed by atoms with E-state index >= 15 is 0 Å². The van der Waals surface area contributed by atoms with Gasteiger partial charge in [0.15, 0.2) is 6.10 Å². The number of hydrogen-bond acceptors (Lipinski definition) is 4. The largest absolute Gasteiger partial charge is 0.481 e. The molecule has 6 heteroatoms. The minimum Gasteiger partial charge on any atom is -0.481 e. The van der Waals surface area contributed by atoms with E-state index in [0.717, 1.165) is 18.7 Å². The topological polar surface area (TPSA) is 53.0 Å². The first kappa shape index (κ1) is 19.7. The minimum atomic E-state index is -0.548. The highest BCUT2D eigenvalue weighted by molar-refractivity contribution is 6.30. The van der Waals surface area contributed by atoms with Crippen molar-refractivity contribution in [2.45, 2.75) is 19.1 Å². The molecule has 0 spiro atoms. The molecule has 1 aliphatic rings. The second-order valence-electron chi connectivity index (χ2n) is 6.77. The molecule has 1 amide bonds. The lowest BCUT2D eigenvalue weighted by Gasteiger charge is -2.36. The first-order valence-corrected chi connectivity index (χ1v) is 9.57. The molecule has 27 heavy (non-hydrogen) atoms. The molecule has 0 radical (unpaired) electrons. The summed E-state index contributed by atoms with van der Waals surface area (Å²) in [4.78, 5) is 16.6. The molecule has 3 rings (SSSR count). The van der Waals surface area contributed by atoms with Crippen molar-refractivity contribution in [3.05, 3.63) is 65.2 Å². The van der Waals surface area contributed by atoms with E-state index in [-0.39, 0.29) is 5.91 Å². The van der Waals surface area contributed by atoms with Gasteiger partial charge in [-0.1, -0.05) is 41.9 Å². The highest BCUT2D eigenvalue weighted by atomic mass is 35.5. The van der Waals surface area contributed by atoms with Crippen LogP contribution in [0.4, 0.5) is 0 Å². The molecule has 0 bridgehead atoms. The van der Waals surface area contributed by atoms with E-state index in [0.29, 0.717) is 30.4 Å². The fourth-order valence-corrected chi connectivity index (χ4v) is 3.33. The van der Waals surface area contributed by atoms with Gasteiger partial charge in [0.1, 0.15) is 5.75 Å². The van der Waals surface area contributed by atoms with Crippen molar-refractivity contribution in [1.82, 2.24) is 9.80 Å². The zero-order valence-corrected chi connectivity index (χ0v) is 16.2. The second kappa shape index (κ2) is 9.22. The molecule has 0 aromatic heterocycles. The lowest BCUT2D eigenvalue weighted by atomic mass is 10.1. The van der Waals surface area contributed by atoms with E-state index in [1.165, 1.54) is 0 Å². The Labute approximate surface area is 165 Å². The van der Waals surface area contributed by atoms with Gasteiger partial charge in [-0.2, -0.15) is 0 Å². The summed E-state index contributed by atoms with van der Waals surface area (Å²) in [5, 5.41) is 11.0. The van der Waals surface area contributed by atoms with Crippen LogP contribution in [0.1, 0.15) is 18.6 Å². The van der Waals surface area contributed by atoms with Gasteiger partial charge in [-0.3, -0.25) is 9.69 Å². The molecular formula is C21H25ClN2O3. The molecule has 144 valence electrons. The average Bonchev–Trinajstić information content (AvgIpc) is 2.70. The summed E-state index contributed by atoms with van der Waals surface area (Å²) in [6.07, 6.45) is -1.06. The summed E-state index contributed by atoms with van der Waals surface area (Å²) in [5.74, 6) is 0.609. The maximum Gasteiger partial charge on any atom is 0.263 e. The lowest BCUT2D eigenvalue weighted by molar-refractivity contribution is -0.139. The molecule has 2 aromatic rings. The highest BCUT2D eigenvalue weighted by Crippen LogP contribution is 2.18. The van der Waals surface area contributed by atoms with Gasteiger partial charge in [0.25, 0.3) is 5.91 Å². The van der Waals surface area contributed by atoms with Crippen molar-refractivity contribution in [2.75, 3.05) is 32.7 Å². The monoisotopic (exact) mass is 388 g/mol. The van der Waals surface area contributed by atoms with Crippen LogP contribution in [0.5, 0.6) is 5.75 Å². The van der Waals surface area contributed by atoms with Gasteiger partial charge in [0, 0.05) is 37.7 Å². The van der Waals surface area contributed by atoms with Crippen LogP contribution in [-0.2, 0) is 4.79 Å². The number of carbonyl (C=O) groups is 1. The Morgan fingerprint density at radius 2 is 1.70 bits per heavy atom. The van der Waals surface area contributed by atoms with E-state index in [1.54, 1.807) is 31.2 Å². The Bertz CT molecular complexity index is 731. The van der Waals surface area contributed by atoms with Crippen molar-refractivity contribution in [3.63, 3.8) is 0 Å². The van der Waals surface area contributed by atoms with E-state index < -0.39 is 12.2 Å². The van der Waals surface area contributed by atoms with Crippen LogP contribution < -0.4 is 4.74 Å². The normalized spacial score (nSPS) is 17.4. The molecule has 1 saturated heterocycles. The van der Waals surface area contributed by atoms with Crippen LogP contribution in [0, 0.1) is 0 Å². The van der Waals surface area contributed by atoms with E-state index in [2.05, 4.69) is 4.90 Å². The van der Waals surface area contributed by atoms with Crippen molar-refractivity contribution in [2.24, 2.45) is 0 Å². The van der Waals surface area contributed by atoms with Crippen LogP contribution in [-0.4, -0.2) is 59.6 Å². The molecule has 0 aliphatic carbocycles. The van der Waals surface area contributed by atoms with Gasteiger partial charge in [-0.25, -0.2) is 0 Å². The molecule has 2 atom stereocenters. The number of piperazine rings is 1. The number of aliphatic hydroxyl groups is 1. The zero-order valence-electron chi connectivity index (χ0n) is 15.4. The predicted octanol–water partition coefficient (Wildman–Crippen LogP) is 2.99. The molecule has 5 nitrogen and oxygen atoms in total. The Hall–Kier alpha value is -2.08.